The highest BCUT2D eigenvalue weighted by molar-refractivity contribution is 5.95. The third-order valence-electron chi connectivity index (χ3n) is 2.90. The van der Waals surface area contributed by atoms with Gasteiger partial charge in [-0.1, -0.05) is 23.4 Å². The van der Waals surface area contributed by atoms with Crippen molar-refractivity contribution in [2.75, 3.05) is 0 Å². The minimum Gasteiger partial charge on any atom is -0.456 e. The van der Waals surface area contributed by atoms with Gasteiger partial charge in [0.15, 0.2) is 5.84 Å². The summed E-state index contributed by atoms with van der Waals surface area (Å²) in [6.07, 6.45) is 3.17. The monoisotopic (exact) mass is 280 g/mol. The maximum absolute atomic E-state index is 8.66. The zero-order chi connectivity index (χ0) is 14.7. The van der Waals surface area contributed by atoms with Gasteiger partial charge in [0.25, 0.3) is 0 Å². The van der Waals surface area contributed by atoms with E-state index in [1.54, 1.807) is 18.3 Å². The first-order valence-corrected chi connectivity index (χ1v) is 6.23. The van der Waals surface area contributed by atoms with E-state index in [2.05, 4.69) is 15.1 Å². The predicted octanol–water partition coefficient (Wildman–Crippen LogP) is 2.52. The number of oxime groups is 1. The van der Waals surface area contributed by atoms with Crippen LogP contribution in [0, 0.1) is 0 Å². The molecule has 0 aliphatic carbocycles. The van der Waals surface area contributed by atoms with Crippen molar-refractivity contribution in [3.8, 4) is 11.5 Å². The van der Waals surface area contributed by atoms with Gasteiger partial charge in [0, 0.05) is 17.6 Å². The Balaban J connectivity index is 1.91. The number of hydrogen-bond acceptors (Lipinski definition) is 5. The minimum atomic E-state index is -0.0721. The molecule has 0 saturated heterocycles. The molecule has 0 amide bonds. The topological polar surface area (TPSA) is 93.6 Å². The Morgan fingerprint density at radius 2 is 1.95 bits per heavy atom. The third-order valence-corrected chi connectivity index (χ3v) is 2.90. The summed E-state index contributed by atoms with van der Waals surface area (Å²) in [5.74, 6) is 1.06. The van der Waals surface area contributed by atoms with Gasteiger partial charge in [0.05, 0.1) is 11.7 Å². The van der Waals surface area contributed by atoms with Gasteiger partial charge in [-0.25, -0.2) is 0 Å². The van der Waals surface area contributed by atoms with Crippen molar-refractivity contribution in [1.82, 2.24) is 9.97 Å². The minimum absolute atomic E-state index is 0.0721. The van der Waals surface area contributed by atoms with E-state index in [0.717, 1.165) is 10.9 Å². The Labute approximate surface area is 120 Å². The van der Waals surface area contributed by atoms with Gasteiger partial charge < -0.3 is 15.7 Å². The molecular formula is C15H12N4O2. The average molecular weight is 280 g/mol. The van der Waals surface area contributed by atoms with Crippen LogP contribution in [-0.4, -0.2) is 21.0 Å². The molecule has 3 aromatic rings. The second kappa shape index (κ2) is 5.46. The summed E-state index contributed by atoms with van der Waals surface area (Å²) in [5, 5.41) is 12.6. The van der Waals surface area contributed by atoms with E-state index in [-0.39, 0.29) is 5.84 Å². The molecule has 0 spiro atoms. The zero-order valence-electron chi connectivity index (χ0n) is 11.0. The van der Waals surface area contributed by atoms with E-state index in [0.29, 0.717) is 17.2 Å². The molecule has 0 bridgehead atoms. The van der Waals surface area contributed by atoms with Crippen LogP contribution in [-0.2, 0) is 0 Å². The van der Waals surface area contributed by atoms with Crippen LogP contribution in [0.5, 0.6) is 11.5 Å². The number of ether oxygens (including phenoxy) is 1. The van der Waals surface area contributed by atoms with Crippen molar-refractivity contribution < 1.29 is 9.94 Å². The maximum Gasteiger partial charge on any atom is 0.188 e. The molecule has 2 heterocycles. The summed E-state index contributed by atoms with van der Waals surface area (Å²) in [6, 6.07) is 12.9. The Kier molecular flexibility index (Phi) is 3.34. The maximum atomic E-state index is 8.66. The van der Waals surface area contributed by atoms with E-state index >= 15 is 0 Å². The molecule has 0 aliphatic heterocycles. The lowest BCUT2D eigenvalue weighted by Crippen LogP contribution is -2.14. The molecule has 0 fully saturated rings. The molecular weight excluding hydrogens is 268 g/mol. The SMILES string of the molecule is N/C(=N/O)c1cc(Oc2cnc3ccccc3c2)ccn1. The lowest BCUT2D eigenvalue weighted by atomic mass is 10.2. The van der Waals surface area contributed by atoms with E-state index in [9.17, 15) is 0 Å². The molecule has 0 aliphatic rings. The van der Waals surface area contributed by atoms with Gasteiger partial charge in [0.1, 0.15) is 17.2 Å². The molecule has 3 N–H and O–H groups in total. The summed E-state index contributed by atoms with van der Waals surface area (Å²) in [4.78, 5) is 8.31. The van der Waals surface area contributed by atoms with Crippen molar-refractivity contribution in [1.29, 1.82) is 0 Å². The number of para-hydroxylation sites is 1. The van der Waals surface area contributed by atoms with E-state index in [1.165, 1.54) is 6.20 Å². The van der Waals surface area contributed by atoms with Crippen LogP contribution in [0.1, 0.15) is 5.69 Å². The summed E-state index contributed by atoms with van der Waals surface area (Å²) < 4.78 is 5.73. The Morgan fingerprint density at radius 3 is 2.81 bits per heavy atom. The Bertz CT molecular complexity index is 817. The van der Waals surface area contributed by atoms with Gasteiger partial charge in [-0.15, -0.1) is 0 Å². The highest BCUT2D eigenvalue weighted by Gasteiger charge is 2.05. The van der Waals surface area contributed by atoms with Crippen LogP contribution < -0.4 is 10.5 Å². The van der Waals surface area contributed by atoms with Crippen LogP contribution >= 0.6 is 0 Å². The van der Waals surface area contributed by atoms with Crippen LogP contribution in [0.3, 0.4) is 0 Å². The number of nitrogens with zero attached hydrogens (tertiary/aromatic N) is 3. The van der Waals surface area contributed by atoms with Crippen LogP contribution in [0.15, 0.2) is 60.0 Å². The molecule has 21 heavy (non-hydrogen) atoms. The smallest absolute Gasteiger partial charge is 0.188 e. The normalized spacial score (nSPS) is 11.5. The van der Waals surface area contributed by atoms with Gasteiger partial charge in [-0.05, 0) is 18.2 Å². The summed E-state index contributed by atoms with van der Waals surface area (Å²) in [7, 11) is 0. The largest absolute Gasteiger partial charge is 0.456 e. The van der Waals surface area contributed by atoms with Crippen molar-refractivity contribution in [2.24, 2.45) is 10.9 Å². The molecule has 2 aromatic heterocycles. The number of benzene rings is 1. The summed E-state index contributed by atoms with van der Waals surface area (Å²) in [6.45, 7) is 0. The fourth-order valence-corrected chi connectivity index (χ4v) is 1.91. The van der Waals surface area contributed by atoms with Crippen LogP contribution in [0.4, 0.5) is 0 Å². The molecule has 0 saturated carbocycles. The number of amidine groups is 1. The van der Waals surface area contributed by atoms with Gasteiger partial charge >= 0.3 is 0 Å². The lowest BCUT2D eigenvalue weighted by molar-refractivity contribution is 0.318. The fraction of sp³-hybridized carbons (Fsp3) is 0. The summed E-state index contributed by atoms with van der Waals surface area (Å²) in [5.41, 5.74) is 6.74. The third kappa shape index (κ3) is 2.74. The highest BCUT2D eigenvalue weighted by atomic mass is 16.5. The fourth-order valence-electron chi connectivity index (χ4n) is 1.91. The van der Waals surface area contributed by atoms with E-state index in [1.807, 2.05) is 30.3 Å². The molecule has 3 rings (SSSR count). The quantitative estimate of drug-likeness (QED) is 0.333. The molecule has 6 heteroatoms. The van der Waals surface area contributed by atoms with Crippen molar-refractivity contribution in [2.45, 2.75) is 0 Å². The van der Waals surface area contributed by atoms with Crippen LogP contribution in [0.2, 0.25) is 0 Å². The number of hydrogen-bond donors (Lipinski definition) is 2. The number of fused-ring (bicyclic) bond motifs is 1. The first-order chi connectivity index (χ1) is 10.3. The lowest BCUT2D eigenvalue weighted by Gasteiger charge is -2.07. The average Bonchev–Trinajstić information content (AvgIpc) is 2.54. The van der Waals surface area contributed by atoms with E-state index in [4.69, 9.17) is 15.7 Å². The number of aromatic nitrogens is 2. The second-order valence-corrected chi connectivity index (χ2v) is 4.33. The van der Waals surface area contributed by atoms with Crippen LogP contribution in [0.25, 0.3) is 10.9 Å². The van der Waals surface area contributed by atoms with Crippen molar-refractivity contribution >= 4 is 16.7 Å². The number of nitrogens with two attached hydrogens (primary N) is 1. The van der Waals surface area contributed by atoms with Gasteiger partial charge in [-0.2, -0.15) is 0 Å². The molecule has 1 aromatic carbocycles. The Hall–Kier alpha value is -3.15. The molecule has 0 radical (unpaired) electrons. The second-order valence-electron chi connectivity index (χ2n) is 4.33. The standard InChI is InChI=1S/C15H12N4O2/c16-15(19-20)14-8-11(5-6-17-14)21-12-7-10-3-1-2-4-13(10)18-9-12/h1-9,20H,(H2,16,19). The highest BCUT2D eigenvalue weighted by Crippen LogP contribution is 2.24. The Morgan fingerprint density at radius 1 is 1.10 bits per heavy atom. The first kappa shape index (κ1) is 12.9. The summed E-state index contributed by atoms with van der Waals surface area (Å²) >= 11 is 0. The first-order valence-electron chi connectivity index (χ1n) is 6.23. The van der Waals surface area contributed by atoms with Crippen molar-refractivity contribution in [3.05, 3.63) is 60.6 Å². The zero-order valence-corrected chi connectivity index (χ0v) is 11.0. The number of pyridine rings is 2. The molecule has 6 nitrogen and oxygen atoms in total. The van der Waals surface area contributed by atoms with E-state index < -0.39 is 0 Å². The van der Waals surface area contributed by atoms with Gasteiger partial charge in [0.2, 0.25) is 0 Å². The number of rotatable bonds is 3. The molecule has 0 atom stereocenters. The molecule has 0 unspecified atom stereocenters. The van der Waals surface area contributed by atoms with Gasteiger partial charge in [-0.3, -0.25) is 9.97 Å². The predicted molar refractivity (Wildman–Crippen MR) is 78.6 cm³/mol. The molecule has 104 valence electrons. The van der Waals surface area contributed by atoms with Crippen molar-refractivity contribution in [3.63, 3.8) is 0 Å².